The Morgan fingerprint density at radius 2 is 2.09 bits per heavy atom. The van der Waals surface area contributed by atoms with Crippen LogP contribution in [0.15, 0.2) is 46.2 Å². The van der Waals surface area contributed by atoms with Crippen LogP contribution in [0.3, 0.4) is 0 Å². The number of unbranched alkanes of at least 4 members (excludes halogenated alkanes) is 2. The number of hydrogen-bond donors (Lipinski definition) is 3. The summed E-state index contributed by atoms with van der Waals surface area (Å²) in [5.74, 6) is 0.574. The van der Waals surface area contributed by atoms with Gasteiger partial charge in [0.05, 0.1) is 6.10 Å². The number of hydrogen-bond acceptors (Lipinski definition) is 6. The molecule has 0 amide bonds. The fourth-order valence-electron chi connectivity index (χ4n) is 4.36. The third-order valence-corrected chi connectivity index (χ3v) is 6.33. The summed E-state index contributed by atoms with van der Waals surface area (Å²) in [6, 6.07) is 5.23. The van der Waals surface area contributed by atoms with Crippen molar-refractivity contribution in [3.05, 3.63) is 46.8 Å². The maximum atomic E-state index is 12.2. The van der Waals surface area contributed by atoms with E-state index in [0.717, 1.165) is 61.4 Å². The van der Waals surface area contributed by atoms with E-state index in [9.17, 15) is 15.0 Å². The molecule has 2 unspecified atom stereocenters. The number of benzene rings is 1. The number of quaternary nitrogens is 1. The number of fused-ring (bicyclic) bond motifs is 1. The number of Topliss-reactive ketones (excluding diaryl/α,β-unsaturated/α-hetero) is 1. The summed E-state index contributed by atoms with van der Waals surface area (Å²) >= 11 is 0. The highest BCUT2D eigenvalue weighted by molar-refractivity contribution is 5.86. The van der Waals surface area contributed by atoms with Gasteiger partial charge in [-0.05, 0) is 49.0 Å². The van der Waals surface area contributed by atoms with Crippen LogP contribution in [-0.4, -0.2) is 55.3 Å². The topological polar surface area (TPSA) is 92.8 Å². The van der Waals surface area contributed by atoms with Crippen molar-refractivity contribution < 1.29 is 29.4 Å². The summed E-state index contributed by atoms with van der Waals surface area (Å²) in [7, 11) is 1.72. The Morgan fingerprint density at radius 1 is 1.24 bits per heavy atom. The van der Waals surface area contributed by atoms with E-state index in [1.165, 1.54) is 11.1 Å². The molecule has 0 saturated carbocycles. The number of methoxy groups -OCH3 is 1. The van der Waals surface area contributed by atoms with Crippen LogP contribution in [0, 0.1) is 0 Å². The second-order valence-electron chi connectivity index (χ2n) is 9.21. The number of ether oxygens (including phenoxy) is 2. The molecule has 2 atom stereocenters. The van der Waals surface area contributed by atoms with Crippen molar-refractivity contribution >= 4 is 12.0 Å². The van der Waals surface area contributed by atoms with Gasteiger partial charge >= 0.3 is 0 Å². The van der Waals surface area contributed by atoms with Crippen molar-refractivity contribution in [3.8, 4) is 11.5 Å². The molecule has 2 aliphatic heterocycles. The molecule has 7 nitrogen and oxygen atoms in total. The molecule has 34 heavy (non-hydrogen) atoms. The standard InChI is InChI=1S/C27H38N2O5/c1-3-4-5-8-22(30)15-23(31)11-9-20-10-12-26(32)27(14-20)34-19-29-17-24-21(7-6-13-33-2)16-28-25(24)18-29/h10,12,14,16,18,22,30,32H,3-9,11,13,15,17,19H2,1-2H3/p+1. The Hall–Kier alpha value is -2.48. The fourth-order valence-corrected chi connectivity index (χ4v) is 4.36. The second kappa shape index (κ2) is 13.4. The van der Waals surface area contributed by atoms with Crippen LogP contribution in [0.2, 0.25) is 0 Å². The van der Waals surface area contributed by atoms with Crippen LogP contribution < -0.4 is 9.64 Å². The van der Waals surface area contributed by atoms with E-state index >= 15 is 0 Å². The van der Waals surface area contributed by atoms with Gasteiger partial charge in [-0.15, -0.1) is 0 Å². The molecule has 0 radical (unpaired) electrons. The largest absolute Gasteiger partial charge is 0.504 e. The highest BCUT2D eigenvalue weighted by atomic mass is 16.5. The monoisotopic (exact) mass is 471 g/mol. The Morgan fingerprint density at radius 3 is 2.88 bits per heavy atom. The first-order valence-electron chi connectivity index (χ1n) is 12.5. The van der Waals surface area contributed by atoms with Gasteiger partial charge in [0.15, 0.2) is 11.5 Å². The average molecular weight is 472 g/mol. The average Bonchev–Trinajstić information content (AvgIpc) is 3.39. The molecule has 2 aliphatic rings. The van der Waals surface area contributed by atoms with Crippen LogP contribution in [0.4, 0.5) is 0 Å². The maximum Gasteiger partial charge on any atom is 0.227 e. The Bertz CT molecular complexity index is 922. The van der Waals surface area contributed by atoms with Crippen molar-refractivity contribution in [3.63, 3.8) is 0 Å². The summed E-state index contributed by atoms with van der Waals surface area (Å²) < 4.78 is 11.1. The van der Waals surface area contributed by atoms with E-state index in [2.05, 4.69) is 18.1 Å². The van der Waals surface area contributed by atoms with Gasteiger partial charge in [0.1, 0.15) is 24.2 Å². The third kappa shape index (κ3) is 7.79. The van der Waals surface area contributed by atoms with Crippen molar-refractivity contribution in [2.75, 3.05) is 27.0 Å². The number of carbonyl (C=O) groups is 1. The zero-order valence-corrected chi connectivity index (χ0v) is 20.5. The Labute approximate surface area is 202 Å². The molecule has 2 heterocycles. The lowest BCUT2D eigenvalue weighted by atomic mass is 10.0. The number of aliphatic hydroxyl groups excluding tert-OH is 1. The zero-order valence-electron chi connectivity index (χ0n) is 20.5. The van der Waals surface area contributed by atoms with Crippen LogP contribution in [0.5, 0.6) is 11.5 Å². The number of ketones is 1. The number of allylic oxidation sites excluding steroid dienone is 1. The quantitative estimate of drug-likeness (QED) is 0.322. The molecule has 0 bridgehead atoms. The van der Waals surface area contributed by atoms with Crippen molar-refractivity contribution in [1.29, 1.82) is 0 Å². The third-order valence-electron chi connectivity index (χ3n) is 6.33. The van der Waals surface area contributed by atoms with E-state index in [-0.39, 0.29) is 18.0 Å². The molecular formula is C27H39N2O5+. The van der Waals surface area contributed by atoms with Gasteiger partial charge in [0.2, 0.25) is 6.73 Å². The first-order valence-corrected chi connectivity index (χ1v) is 12.5. The maximum absolute atomic E-state index is 12.2. The van der Waals surface area contributed by atoms with Crippen LogP contribution in [-0.2, 0) is 16.0 Å². The van der Waals surface area contributed by atoms with Gasteiger partial charge in [-0.1, -0.05) is 32.3 Å². The summed E-state index contributed by atoms with van der Waals surface area (Å²) in [6.07, 6.45) is 10.4. The first kappa shape index (κ1) is 26.1. The molecular weight excluding hydrogens is 432 g/mol. The SMILES string of the molecule is CCCCCC(O)CC(=O)CCc1ccc(O)c(OC[NH+]2C=C3N=CC(CCCOC)=C3C2)c1. The summed E-state index contributed by atoms with van der Waals surface area (Å²) in [6.45, 7) is 4.06. The lowest BCUT2D eigenvalue weighted by molar-refractivity contribution is -0.855. The second-order valence-corrected chi connectivity index (χ2v) is 9.21. The molecule has 0 fully saturated rings. The Kier molecular flexibility index (Phi) is 10.3. The summed E-state index contributed by atoms with van der Waals surface area (Å²) in [5.41, 5.74) is 4.48. The van der Waals surface area contributed by atoms with E-state index in [0.29, 0.717) is 31.7 Å². The smallest absolute Gasteiger partial charge is 0.227 e. The number of aliphatic hydroxyl groups is 1. The highest BCUT2D eigenvalue weighted by Gasteiger charge is 2.28. The number of phenols is 1. The van der Waals surface area contributed by atoms with E-state index in [1.807, 2.05) is 12.3 Å². The molecule has 0 aromatic heterocycles. The zero-order chi connectivity index (χ0) is 24.3. The minimum Gasteiger partial charge on any atom is -0.504 e. The van der Waals surface area contributed by atoms with E-state index < -0.39 is 6.10 Å². The number of aromatic hydroxyl groups is 1. The number of nitrogens with one attached hydrogen (secondary N) is 1. The molecule has 3 rings (SSSR count). The first-order chi connectivity index (χ1) is 16.5. The van der Waals surface area contributed by atoms with E-state index in [1.54, 1.807) is 19.2 Å². The van der Waals surface area contributed by atoms with Gasteiger partial charge in [0.25, 0.3) is 0 Å². The van der Waals surface area contributed by atoms with Crippen molar-refractivity contribution in [2.24, 2.45) is 4.99 Å². The molecule has 186 valence electrons. The van der Waals surface area contributed by atoms with Crippen molar-refractivity contribution in [1.82, 2.24) is 0 Å². The molecule has 3 N–H and O–H groups in total. The summed E-state index contributed by atoms with van der Waals surface area (Å²) in [4.78, 5) is 17.9. The number of phenolic OH excluding ortho intramolecular Hbond substituents is 1. The molecule has 1 aromatic carbocycles. The van der Waals surface area contributed by atoms with E-state index in [4.69, 9.17) is 9.47 Å². The minimum atomic E-state index is -0.547. The predicted molar refractivity (Wildman–Crippen MR) is 132 cm³/mol. The lowest BCUT2D eigenvalue weighted by Crippen LogP contribution is -3.07. The number of rotatable bonds is 16. The Balaban J connectivity index is 1.46. The predicted octanol–water partition coefficient (Wildman–Crippen LogP) is 3.11. The van der Waals surface area contributed by atoms with Crippen LogP contribution >= 0.6 is 0 Å². The van der Waals surface area contributed by atoms with Crippen LogP contribution in [0.1, 0.15) is 63.9 Å². The van der Waals surface area contributed by atoms with Crippen LogP contribution in [0.25, 0.3) is 0 Å². The van der Waals surface area contributed by atoms with Gasteiger partial charge in [-0.3, -0.25) is 14.7 Å². The number of aryl methyl sites for hydroxylation is 1. The fraction of sp³-hybridized carbons (Fsp3) is 0.556. The highest BCUT2D eigenvalue weighted by Crippen LogP contribution is 2.28. The van der Waals surface area contributed by atoms with Gasteiger partial charge in [-0.25, -0.2) is 0 Å². The van der Waals surface area contributed by atoms with Gasteiger partial charge in [-0.2, -0.15) is 0 Å². The number of carbonyl (C=O) groups excluding carboxylic acids is 1. The molecule has 0 spiro atoms. The molecule has 0 aliphatic carbocycles. The lowest BCUT2D eigenvalue weighted by Gasteiger charge is -2.14. The normalized spacial score (nSPS) is 17.7. The minimum absolute atomic E-state index is 0.0642. The van der Waals surface area contributed by atoms with Crippen molar-refractivity contribution in [2.45, 2.75) is 70.8 Å². The molecule has 1 aromatic rings. The molecule has 7 heteroatoms. The summed E-state index contributed by atoms with van der Waals surface area (Å²) in [5, 5.41) is 20.3. The van der Waals surface area contributed by atoms with Gasteiger partial charge < -0.3 is 19.7 Å². The molecule has 0 saturated heterocycles. The number of nitrogens with zero attached hydrogens (tertiary/aromatic N) is 1. The number of aliphatic imine (C=N–C) groups is 1. The van der Waals surface area contributed by atoms with Gasteiger partial charge in [0, 0.05) is 38.3 Å².